The zero-order chi connectivity index (χ0) is 46.1. The number of aryl methyl sites for hydroxylation is 1. The molecule has 6 rings (SSSR count). The second kappa shape index (κ2) is 20.7. The molecular weight excluding hydrogens is 826 g/mol. The third-order valence-corrected chi connectivity index (χ3v) is 10.6. The number of benzene rings is 2. The van der Waals surface area contributed by atoms with E-state index in [9.17, 15) is 32.3 Å². The highest BCUT2D eigenvalue weighted by Crippen LogP contribution is 2.32. The van der Waals surface area contributed by atoms with E-state index < -0.39 is 35.8 Å². The number of carbonyl (C=O) groups is 5. The van der Waals surface area contributed by atoms with Crippen molar-refractivity contribution in [2.24, 2.45) is 17.6 Å². The Bertz CT molecular complexity index is 2210. The maximum atomic E-state index is 14.2. The molecule has 338 valence electrons. The van der Waals surface area contributed by atoms with E-state index in [-0.39, 0.29) is 36.1 Å². The van der Waals surface area contributed by atoms with E-state index in [0.717, 1.165) is 41.9 Å². The van der Waals surface area contributed by atoms with Gasteiger partial charge in [-0.15, -0.1) is 10.2 Å². The van der Waals surface area contributed by atoms with Gasteiger partial charge in [0.1, 0.15) is 11.3 Å². The second-order valence-electron chi connectivity index (χ2n) is 16.8. The van der Waals surface area contributed by atoms with Crippen molar-refractivity contribution < 1.29 is 47.0 Å². The number of aromatic nitrogens is 5. The molecule has 2 aromatic carbocycles. The number of alkyl carbamates (subject to hydrolysis) is 1. The average Bonchev–Trinajstić information content (AvgIpc) is 3.92. The minimum absolute atomic E-state index is 0.120. The number of pyridine rings is 1. The molecule has 17 nitrogen and oxygen atoms in total. The number of hydrogen-bond acceptors (Lipinski definition) is 12. The van der Waals surface area contributed by atoms with Crippen molar-refractivity contribution in [2.45, 2.75) is 90.1 Å². The smallest absolute Gasteiger partial charge is 0.475 e. The number of aliphatic carboxylic acids is 1. The van der Waals surface area contributed by atoms with E-state index in [1.54, 1.807) is 30.3 Å². The minimum atomic E-state index is -5.08. The number of halogens is 3. The lowest BCUT2D eigenvalue weighted by molar-refractivity contribution is -0.192. The van der Waals surface area contributed by atoms with Gasteiger partial charge >= 0.3 is 18.2 Å². The molecule has 2 fully saturated rings. The van der Waals surface area contributed by atoms with E-state index in [2.05, 4.69) is 41.1 Å². The number of aromatic amines is 1. The summed E-state index contributed by atoms with van der Waals surface area (Å²) in [5, 5.41) is 27.1. The number of nitrogens with one attached hydrogen (secondary N) is 3. The first-order chi connectivity index (χ1) is 29.7. The first-order valence-electron chi connectivity index (χ1n) is 20.5. The fourth-order valence-electron chi connectivity index (χ4n) is 7.38. The van der Waals surface area contributed by atoms with Gasteiger partial charge in [0.2, 0.25) is 11.7 Å². The number of anilines is 1. The number of carboxylic acid groups (broad SMARTS) is 1. The van der Waals surface area contributed by atoms with Crippen LogP contribution in [-0.4, -0.2) is 116 Å². The molecule has 1 aliphatic carbocycles. The molecular formula is C43H53F3N10O7. The number of hydrogen-bond donors (Lipinski definition) is 5. The molecule has 1 saturated carbocycles. The average molecular weight is 879 g/mol. The molecule has 2 aliphatic rings. The lowest BCUT2D eigenvalue weighted by atomic mass is 9.81. The Morgan fingerprint density at radius 3 is 2.13 bits per heavy atom. The topological polar surface area (TPSA) is 239 Å². The highest BCUT2D eigenvalue weighted by molar-refractivity contribution is 6.17. The zero-order valence-corrected chi connectivity index (χ0v) is 35.7. The number of carboxylic acids is 1. The minimum Gasteiger partial charge on any atom is -0.475 e. The molecule has 2 aromatic heterocycles. The molecule has 0 radical (unpaired) electrons. The second-order valence-corrected chi connectivity index (χ2v) is 16.8. The fraction of sp³-hybridized carbons (Fsp3) is 0.465. The number of nitrogens with zero attached hydrogens (tertiary/aromatic N) is 6. The Kier molecular flexibility index (Phi) is 15.7. The van der Waals surface area contributed by atoms with Crippen LogP contribution in [0.3, 0.4) is 0 Å². The number of nitrogens with two attached hydrogens (primary N) is 1. The van der Waals surface area contributed by atoms with E-state index in [1.165, 1.54) is 4.90 Å². The molecule has 4 amide bonds. The molecule has 0 spiro atoms. The first kappa shape index (κ1) is 47.8. The van der Waals surface area contributed by atoms with Gasteiger partial charge in [0, 0.05) is 41.9 Å². The van der Waals surface area contributed by atoms with Gasteiger partial charge in [-0.25, -0.2) is 19.5 Å². The van der Waals surface area contributed by atoms with E-state index in [1.807, 2.05) is 65.1 Å². The maximum Gasteiger partial charge on any atom is 0.490 e. The Balaban J connectivity index is 0.000000985. The summed E-state index contributed by atoms with van der Waals surface area (Å²) in [5.74, 6) is -3.55. The van der Waals surface area contributed by atoms with Crippen LogP contribution in [0.25, 0.3) is 22.5 Å². The van der Waals surface area contributed by atoms with Crippen LogP contribution in [0.15, 0.2) is 60.7 Å². The highest BCUT2D eigenvalue weighted by atomic mass is 19.4. The summed E-state index contributed by atoms with van der Waals surface area (Å²) in [6.07, 6.45) is -1.85. The van der Waals surface area contributed by atoms with Gasteiger partial charge in [0.15, 0.2) is 0 Å². The van der Waals surface area contributed by atoms with E-state index in [0.29, 0.717) is 55.0 Å². The molecule has 0 unspecified atom stereocenters. The zero-order valence-electron chi connectivity index (χ0n) is 35.7. The predicted molar refractivity (Wildman–Crippen MR) is 225 cm³/mol. The monoisotopic (exact) mass is 878 g/mol. The van der Waals surface area contributed by atoms with Gasteiger partial charge in [-0.1, -0.05) is 30.3 Å². The number of imide groups is 1. The first-order valence-corrected chi connectivity index (χ1v) is 20.5. The number of tetrazole rings is 1. The predicted octanol–water partition coefficient (Wildman–Crippen LogP) is 5.07. The third kappa shape index (κ3) is 13.6. The van der Waals surface area contributed by atoms with Crippen molar-refractivity contribution in [3.05, 3.63) is 77.6 Å². The lowest BCUT2D eigenvalue weighted by Gasteiger charge is -2.32. The van der Waals surface area contributed by atoms with Crippen LogP contribution in [0, 0.1) is 18.8 Å². The van der Waals surface area contributed by atoms with Crippen LogP contribution in [0.4, 0.5) is 23.7 Å². The Labute approximate surface area is 362 Å². The molecule has 4 aromatic rings. The molecule has 1 saturated heterocycles. The lowest BCUT2D eigenvalue weighted by Crippen LogP contribution is -2.50. The number of ether oxygens (including phenoxy) is 1. The molecule has 1 aliphatic heterocycles. The summed E-state index contributed by atoms with van der Waals surface area (Å²) in [5.41, 5.74) is 10.8. The van der Waals surface area contributed by atoms with Crippen molar-refractivity contribution >= 4 is 35.5 Å². The summed E-state index contributed by atoms with van der Waals surface area (Å²) in [7, 11) is 2.04. The van der Waals surface area contributed by atoms with E-state index >= 15 is 0 Å². The van der Waals surface area contributed by atoms with Gasteiger partial charge in [-0.05, 0) is 132 Å². The number of amides is 4. The number of H-pyrrole nitrogens is 1. The van der Waals surface area contributed by atoms with E-state index in [4.69, 9.17) is 20.4 Å². The SMILES string of the molecule is Cc1nc(C(=O)N[C@@H]2CCN(C)C2)ccc1-c1ccc(C[C@H](N)C(=O)N(c2ccc(-c3nn[nH]n3)cc2)C(=O)[C@H]2CC[C@H](CNC(=O)OC(C)(C)C)CC2)cc1.O=C(O)C(F)(F)F. The van der Waals surface area contributed by atoms with Crippen LogP contribution in [0.5, 0.6) is 0 Å². The molecule has 6 N–H and O–H groups in total. The molecule has 63 heavy (non-hydrogen) atoms. The summed E-state index contributed by atoms with van der Waals surface area (Å²) in [6, 6.07) is 17.3. The van der Waals surface area contributed by atoms with Gasteiger partial charge in [0.05, 0.1) is 11.7 Å². The molecule has 0 bridgehead atoms. The Hall–Kier alpha value is -6.28. The highest BCUT2D eigenvalue weighted by Gasteiger charge is 2.38. The fourth-order valence-corrected chi connectivity index (χ4v) is 7.38. The van der Waals surface area contributed by atoms with Crippen molar-refractivity contribution in [1.82, 2.24) is 41.1 Å². The summed E-state index contributed by atoms with van der Waals surface area (Å²) in [6.45, 7) is 9.57. The van der Waals surface area contributed by atoms with Crippen LogP contribution in [-0.2, 0) is 25.5 Å². The molecule has 2 atom stereocenters. The largest absolute Gasteiger partial charge is 0.490 e. The van der Waals surface area contributed by atoms with Crippen molar-refractivity contribution in [1.29, 1.82) is 0 Å². The Morgan fingerprint density at radius 1 is 0.952 bits per heavy atom. The number of likely N-dealkylation sites (N-methyl/N-ethyl adjacent to an activating group) is 1. The van der Waals surface area contributed by atoms with Crippen molar-refractivity contribution in [3.63, 3.8) is 0 Å². The maximum absolute atomic E-state index is 14.2. The molecule has 20 heteroatoms. The van der Waals surface area contributed by atoms with Crippen molar-refractivity contribution in [3.8, 4) is 22.5 Å². The van der Waals surface area contributed by atoms with Gasteiger partial charge in [-0.3, -0.25) is 14.4 Å². The van der Waals surface area contributed by atoms with Crippen LogP contribution < -0.4 is 21.3 Å². The summed E-state index contributed by atoms with van der Waals surface area (Å²) >= 11 is 0. The van der Waals surface area contributed by atoms with Crippen LogP contribution in [0.1, 0.15) is 74.6 Å². The third-order valence-electron chi connectivity index (χ3n) is 10.6. The van der Waals surface area contributed by atoms with Gasteiger partial charge in [0.25, 0.3) is 11.8 Å². The van der Waals surface area contributed by atoms with Crippen LogP contribution >= 0.6 is 0 Å². The van der Waals surface area contributed by atoms with Crippen LogP contribution in [0.2, 0.25) is 0 Å². The summed E-state index contributed by atoms with van der Waals surface area (Å²) in [4.78, 5) is 70.4. The number of likely N-dealkylation sites (tertiary alicyclic amines) is 1. The summed E-state index contributed by atoms with van der Waals surface area (Å²) < 4.78 is 37.1. The molecule has 3 heterocycles. The van der Waals surface area contributed by atoms with Gasteiger partial charge < -0.3 is 31.1 Å². The van der Waals surface area contributed by atoms with Gasteiger partial charge in [-0.2, -0.15) is 18.4 Å². The number of carbonyl (C=O) groups excluding carboxylic acids is 4. The number of alkyl halides is 3. The standard InChI is InChI=1S/C41H52N10O5.C2HF3O2/c1-25-33(18-19-35(44-25)37(52)45-31-20-21-50(5)24-31)28-10-6-26(7-11-28)22-34(42)39(54)51(32-16-14-29(15-17-32)36-46-48-49-47-36)38(53)30-12-8-27(9-13-30)23-43-40(55)56-41(2,3)4;3-2(4,5)1(6)7/h6-7,10-11,14-19,27,30-31,34H,8-9,12-13,20-24,42H2,1-5H3,(H,43,55)(H,45,52)(H,46,47,48,49);(H,6,7)/t27-,30-,31-,34+;/m1./s1. The quantitative estimate of drug-likeness (QED) is 0.133. The van der Waals surface area contributed by atoms with Crippen molar-refractivity contribution in [2.75, 3.05) is 31.6 Å². The number of rotatable bonds is 11. The normalized spacial score (nSPS) is 18.3. The Morgan fingerprint density at radius 2 is 1.59 bits per heavy atom.